The maximum Gasteiger partial charge on any atom is 0.322 e. The van der Waals surface area contributed by atoms with Crippen LogP contribution in [0.4, 0.5) is 14.5 Å². The van der Waals surface area contributed by atoms with Crippen molar-refractivity contribution in [2.45, 2.75) is 11.3 Å². The van der Waals surface area contributed by atoms with E-state index in [0.29, 0.717) is 11.3 Å². The molecule has 0 aromatic heterocycles. The third-order valence-electron chi connectivity index (χ3n) is 1.91. The highest BCUT2D eigenvalue weighted by molar-refractivity contribution is 9.10. The zero-order valence-corrected chi connectivity index (χ0v) is 9.79. The van der Waals surface area contributed by atoms with E-state index in [1.165, 1.54) is 0 Å². The minimum atomic E-state index is -3.06. The van der Waals surface area contributed by atoms with E-state index in [0.717, 1.165) is 0 Å². The molecule has 0 aliphatic carbocycles. The molecule has 0 amide bonds. The molecule has 16 heavy (non-hydrogen) atoms. The van der Waals surface area contributed by atoms with Crippen molar-refractivity contribution in [2.75, 3.05) is 0 Å². The maximum atomic E-state index is 12.8. The van der Waals surface area contributed by atoms with Gasteiger partial charge in [0.05, 0.1) is 0 Å². The minimum Gasteiger partial charge on any atom is -0.189 e. The molecule has 0 aliphatic heterocycles. The Hall–Kier alpha value is -1.39. The predicted molar refractivity (Wildman–Crippen MR) is 62.0 cm³/mol. The molecule has 0 aliphatic rings. The molecule has 0 saturated heterocycles. The summed E-state index contributed by atoms with van der Waals surface area (Å²) in [6.45, 7) is 3.30. The van der Waals surface area contributed by atoms with Crippen LogP contribution < -0.4 is 0 Å². The summed E-state index contributed by atoms with van der Waals surface area (Å²) in [7, 11) is 0. The van der Waals surface area contributed by atoms with Crippen molar-refractivity contribution >= 4 is 21.6 Å². The molecule has 0 N–H and O–H groups in total. The zero-order chi connectivity index (χ0) is 12.2. The predicted octanol–water partition coefficient (Wildman–Crippen LogP) is 4.71. The Bertz CT molecular complexity index is 430. The third-order valence-corrected chi connectivity index (χ3v) is 2.48. The average molecular weight is 288 g/mol. The van der Waals surface area contributed by atoms with E-state index in [1.54, 1.807) is 24.3 Å². The van der Waals surface area contributed by atoms with Crippen LogP contribution in [0.15, 0.2) is 41.5 Å². The number of hydrogen-bond donors (Lipinski definition) is 0. The van der Waals surface area contributed by atoms with Crippen LogP contribution in [0.25, 0.3) is 10.4 Å². The molecule has 6 heteroatoms. The van der Waals surface area contributed by atoms with Gasteiger partial charge < -0.3 is 0 Å². The number of alkyl halides is 3. The summed E-state index contributed by atoms with van der Waals surface area (Å²) in [6.07, 6.45) is 0.0643. The van der Waals surface area contributed by atoms with Gasteiger partial charge in [-0.3, -0.25) is 0 Å². The smallest absolute Gasteiger partial charge is 0.189 e. The summed E-state index contributed by atoms with van der Waals surface area (Å²) in [5.74, 6) is 0. The molecule has 1 aromatic carbocycles. The van der Waals surface area contributed by atoms with E-state index in [2.05, 4.69) is 32.5 Å². The minimum absolute atomic E-state index is 0.0643. The highest BCUT2D eigenvalue weighted by atomic mass is 79.9. The fraction of sp³-hybridized carbons (Fsp3) is 0.200. The van der Waals surface area contributed by atoms with Gasteiger partial charge in [0.2, 0.25) is 0 Å². The zero-order valence-electron chi connectivity index (χ0n) is 8.20. The SMILES string of the molecule is C=C(Cc1ccc(N=[N+]=[N-])cc1)C(F)(F)Br. The van der Waals surface area contributed by atoms with Gasteiger partial charge in [-0.05, 0) is 33.4 Å². The third kappa shape index (κ3) is 3.64. The molecule has 1 aromatic rings. The molecule has 0 atom stereocenters. The molecule has 1 rings (SSSR count). The second-order valence-electron chi connectivity index (χ2n) is 3.13. The van der Waals surface area contributed by atoms with Gasteiger partial charge in [0.1, 0.15) is 0 Å². The first-order valence-corrected chi connectivity index (χ1v) is 5.12. The van der Waals surface area contributed by atoms with E-state index in [4.69, 9.17) is 5.53 Å². The Labute approximate surface area is 99.5 Å². The summed E-state index contributed by atoms with van der Waals surface area (Å²) in [6, 6.07) is 6.37. The number of azide groups is 1. The van der Waals surface area contributed by atoms with Crippen molar-refractivity contribution in [3.63, 3.8) is 0 Å². The normalized spacial score (nSPS) is 10.7. The largest absolute Gasteiger partial charge is 0.322 e. The number of rotatable bonds is 4. The van der Waals surface area contributed by atoms with Crippen LogP contribution >= 0.6 is 15.9 Å². The van der Waals surface area contributed by atoms with E-state index in [9.17, 15) is 8.78 Å². The van der Waals surface area contributed by atoms with Crippen molar-refractivity contribution in [1.82, 2.24) is 0 Å². The van der Waals surface area contributed by atoms with Crippen LogP contribution in [0.5, 0.6) is 0 Å². The lowest BCUT2D eigenvalue weighted by atomic mass is 10.1. The molecule has 0 heterocycles. The molecule has 0 spiro atoms. The van der Waals surface area contributed by atoms with Gasteiger partial charge in [0.15, 0.2) is 0 Å². The van der Waals surface area contributed by atoms with Crippen LogP contribution in [0.2, 0.25) is 0 Å². The number of benzene rings is 1. The van der Waals surface area contributed by atoms with Crippen LogP contribution in [-0.2, 0) is 6.42 Å². The molecule has 84 valence electrons. The van der Waals surface area contributed by atoms with E-state index < -0.39 is 4.83 Å². The second kappa shape index (κ2) is 5.09. The summed E-state index contributed by atoms with van der Waals surface area (Å²) >= 11 is 2.24. The fourth-order valence-electron chi connectivity index (χ4n) is 1.08. The fourth-order valence-corrected chi connectivity index (χ4v) is 1.22. The summed E-state index contributed by atoms with van der Waals surface area (Å²) < 4.78 is 25.5. The van der Waals surface area contributed by atoms with Crippen LogP contribution in [0.1, 0.15) is 5.56 Å². The Kier molecular flexibility index (Phi) is 4.04. The first-order chi connectivity index (χ1) is 7.43. The maximum absolute atomic E-state index is 12.8. The van der Waals surface area contributed by atoms with E-state index in [1.807, 2.05) is 0 Å². The number of allylic oxidation sites excluding steroid dienone is 1. The molecular formula is C10H8BrF2N3. The molecule has 0 saturated carbocycles. The van der Waals surface area contributed by atoms with Crippen molar-refractivity contribution in [2.24, 2.45) is 5.11 Å². The number of hydrogen-bond acceptors (Lipinski definition) is 1. The molecule has 0 radical (unpaired) electrons. The van der Waals surface area contributed by atoms with E-state index >= 15 is 0 Å². The average Bonchev–Trinajstić information content (AvgIpc) is 2.20. The quantitative estimate of drug-likeness (QED) is 0.253. The Morgan fingerprint density at radius 1 is 1.44 bits per heavy atom. The molecular weight excluding hydrogens is 280 g/mol. The van der Waals surface area contributed by atoms with Crippen molar-refractivity contribution in [1.29, 1.82) is 0 Å². The van der Waals surface area contributed by atoms with Gasteiger partial charge in [-0.1, -0.05) is 36.0 Å². The van der Waals surface area contributed by atoms with Gasteiger partial charge in [-0.15, -0.1) is 0 Å². The standard InChI is InChI=1S/C10H8BrF2N3/c1-7(10(11,12)13)6-8-2-4-9(5-3-8)15-16-14/h2-5H,1,6H2. The lowest BCUT2D eigenvalue weighted by Gasteiger charge is -2.11. The van der Waals surface area contributed by atoms with Crippen LogP contribution in [-0.4, -0.2) is 4.83 Å². The molecule has 0 bridgehead atoms. The van der Waals surface area contributed by atoms with Crippen LogP contribution in [0, 0.1) is 0 Å². The van der Waals surface area contributed by atoms with Crippen molar-refractivity contribution in [3.8, 4) is 0 Å². The van der Waals surface area contributed by atoms with Gasteiger partial charge in [0.25, 0.3) is 0 Å². The Morgan fingerprint density at radius 2 is 2.00 bits per heavy atom. The van der Waals surface area contributed by atoms with E-state index in [-0.39, 0.29) is 12.0 Å². The molecule has 3 nitrogen and oxygen atoms in total. The van der Waals surface area contributed by atoms with Crippen LogP contribution in [0.3, 0.4) is 0 Å². The lowest BCUT2D eigenvalue weighted by Crippen LogP contribution is -2.10. The summed E-state index contributed by atoms with van der Waals surface area (Å²) in [5.41, 5.74) is 9.09. The van der Waals surface area contributed by atoms with Gasteiger partial charge in [0, 0.05) is 16.2 Å². The Balaban J connectivity index is 2.76. The van der Waals surface area contributed by atoms with Crippen molar-refractivity contribution in [3.05, 3.63) is 52.4 Å². The lowest BCUT2D eigenvalue weighted by molar-refractivity contribution is 0.154. The number of nitrogens with zero attached hydrogens (tertiary/aromatic N) is 3. The monoisotopic (exact) mass is 287 g/mol. The molecule has 0 fully saturated rings. The number of halogens is 3. The second-order valence-corrected chi connectivity index (χ2v) is 4.13. The first-order valence-electron chi connectivity index (χ1n) is 4.32. The van der Waals surface area contributed by atoms with Gasteiger partial charge in [-0.25, -0.2) is 0 Å². The topological polar surface area (TPSA) is 48.8 Å². The molecule has 0 unspecified atom stereocenters. The Morgan fingerprint density at radius 3 is 2.44 bits per heavy atom. The summed E-state index contributed by atoms with van der Waals surface area (Å²) in [4.78, 5) is -0.443. The highest BCUT2D eigenvalue weighted by Crippen LogP contribution is 2.32. The van der Waals surface area contributed by atoms with Gasteiger partial charge in [-0.2, -0.15) is 8.78 Å². The first kappa shape index (κ1) is 12.7. The highest BCUT2D eigenvalue weighted by Gasteiger charge is 2.27. The van der Waals surface area contributed by atoms with Gasteiger partial charge >= 0.3 is 4.83 Å². The van der Waals surface area contributed by atoms with Crippen molar-refractivity contribution < 1.29 is 8.78 Å². The summed E-state index contributed by atoms with van der Waals surface area (Å²) in [5, 5.41) is 3.38.